The summed E-state index contributed by atoms with van der Waals surface area (Å²) in [5.41, 5.74) is 9.71. The van der Waals surface area contributed by atoms with Gasteiger partial charge in [0.05, 0.1) is 25.5 Å². The minimum Gasteiger partial charge on any atom is -0.493 e. The number of benzene rings is 2. The summed E-state index contributed by atoms with van der Waals surface area (Å²) in [6.07, 6.45) is 4.25. The van der Waals surface area contributed by atoms with Crippen molar-refractivity contribution in [3.63, 3.8) is 0 Å². The molecule has 0 aliphatic carbocycles. The highest BCUT2D eigenvalue weighted by atomic mass is 16.5. The number of unbranched alkanes of at least 4 members (excludes halogenated alkanes) is 1. The Balaban J connectivity index is 1.41. The second kappa shape index (κ2) is 13.0. The maximum atomic E-state index is 13.6. The van der Waals surface area contributed by atoms with Crippen molar-refractivity contribution >= 4 is 23.5 Å². The summed E-state index contributed by atoms with van der Waals surface area (Å²) < 4.78 is 5.69. The van der Waals surface area contributed by atoms with E-state index in [0.29, 0.717) is 52.2 Å². The Morgan fingerprint density at radius 1 is 1.12 bits per heavy atom. The van der Waals surface area contributed by atoms with Crippen molar-refractivity contribution in [2.75, 3.05) is 50.8 Å². The van der Waals surface area contributed by atoms with E-state index in [0.717, 1.165) is 53.8 Å². The number of fused-ring (bicyclic) bond motifs is 2. The predicted molar refractivity (Wildman–Crippen MR) is 157 cm³/mol. The molecule has 1 fully saturated rings. The monoisotopic (exact) mass is 562 g/mol. The number of para-hydroxylation sites is 1. The summed E-state index contributed by atoms with van der Waals surface area (Å²) in [5, 5.41) is 10.6. The number of carbonyl (C=O) groups is 3. The number of carboxylic acids is 1. The number of nitrogens with two attached hydrogens (primary N) is 1. The van der Waals surface area contributed by atoms with E-state index in [4.69, 9.17) is 10.5 Å². The Hall–Kier alpha value is -3.43. The first-order chi connectivity index (χ1) is 19.9. The zero-order valence-electron chi connectivity index (χ0n) is 24.0. The maximum absolute atomic E-state index is 13.6. The number of aliphatic carboxylic acids is 1. The molecule has 2 amide bonds. The van der Waals surface area contributed by atoms with Gasteiger partial charge in [-0.3, -0.25) is 19.3 Å². The number of carbonyl (C=O) groups excluding carboxylic acids is 2. The molecule has 3 N–H and O–H groups in total. The number of rotatable bonds is 13. The van der Waals surface area contributed by atoms with Crippen molar-refractivity contribution in [3.05, 3.63) is 59.2 Å². The molecule has 3 aliphatic heterocycles. The van der Waals surface area contributed by atoms with Gasteiger partial charge in [-0.2, -0.15) is 0 Å². The molecule has 9 nitrogen and oxygen atoms in total. The van der Waals surface area contributed by atoms with E-state index in [2.05, 4.69) is 17.9 Å². The molecular formula is C32H42N4O5. The fraction of sp³-hybridized carbons (Fsp3) is 0.531. The van der Waals surface area contributed by atoms with Crippen LogP contribution >= 0.6 is 0 Å². The third-order valence-corrected chi connectivity index (χ3v) is 8.85. The average molecular weight is 563 g/mol. The smallest absolute Gasteiger partial charge is 0.308 e. The number of amides is 2. The first-order valence-electron chi connectivity index (χ1n) is 15.0. The van der Waals surface area contributed by atoms with Crippen LogP contribution in [-0.2, 0) is 27.2 Å². The van der Waals surface area contributed by atoms with Crippen molar-refractivity contribution in [2.24, 2.45) is 11.7 Å². The van der Waals surface area contributed by atoms with Gasteiger partial charge in [0.1, 0.15) is 5.75 Å². The molecule has 2 aromatic rings. The molecule has 0 spiro atoms. The molecule has 220 valence electrons. The van der Waals surface area contributed by atoms with Crippen LogP contribution in [0.1, 0.15) is 55.2 Å². The summed E-state index contributed by atoms with van der Waals surface area (Å²) in [6.45, 7) is 5.55. The molecule has 3 aliphatic rings. The van der Waals surface area contributed by atoms with Gasteiger partial charge in [0.25, 0.3) is 0 Å². The van der Waals surface area contributed by atoms with Crippen LogP contribution in [0.5, 0.6) is 5.75 Å². The van der Waals surface area contributed by atoms with Gasteiger partial charge in [-0.05, 0) is 54.6 Å². The van der Waals surface area contributed by atoms with Gasteiger partial charge >= 0.3 is 5.97 Å². The number of likely N-dealkylation sites (tertiary alicyclic amines) is 1. The van der Waals surface area contributed by atoms with Crippen LogP contribution in [0.3, 0.4) is 0 Å². The Kier molecular flexibility index (Phi) is 9.25. The standard InChI is InChI=1S/C32H42N4O5/c1-2-3-14-34(15-6-13-33)30(38)21-35-20-25(22-9-10-28-24(18-22)12-17-41-28)31(32(39)40)27(35)11-16-36-26-8-5-4-7-23(26)19-29(36)37/h4-5,7-10,18,25,27,31H,2-3,6,11-17,19-21,33H2,1H3,(H,39,40)/t25-,27+,31-/m1/s1. The molecule has 3 heterocycles. The lowest BCUT2D eigenvalue weighted by Crippen LogP contribution is -2.46. The SMILES string of the molecule is CCCCN(CCCN)C(=O)CN1C[C@H](c2ccc3c(c2)CCO3)[C@@H](C(=O)O)[C@@H]1CCN1C(=O)Cc2ccccc21. The molecule has 0 unspecified atom stereocenters. The quantitative estimate of drug-likeness (QED) is 0.386. The minimum absolute atomic E-state index is 0.00615. The summed E-state index contributed by atoms with van der Waals surface area (Å²) in [6, 6.07) is 13.4. The van der Waals surface area contributed by atoms with Crippen molar-refractivity contribution in [1.82, 2.24) is 9.80 Å². The molecule has 0 bridgehead atoms. The number of ether oxygens (including phenoxy) is 1. The third-order valence-electron chi connectivity index (χ3n) is 8.85. The molecule has 9 heteroatoms. The number of hydrogen-bond donors (Lipinski definition) is 2. The number of nitrogens with zero attached hydrogens (tertiary/aromatic N) is 3. The number of carboxylic acid groups (broad SMARTS) is 1. The predicted octanol–water partition coefficient (Wildman–Crippen LogP) is 3.05. The van der Waals surface area contributed by atoms with E-state index in [1.165, 1.54) is 0 Å². The summed E-state index contributed by atoms with van der Waals surface area (Å²) in [4.78, 5) is 45.1. The van der Waals surface area contributed by atoms with E-state index >= 15 is 0 Å². The van der Waals surface area contributed by atoms with E-state index in [1.807, 2.05) is 41.3 Å². The van der Waals surface area contributed by atoms with Crippen molar-refractivity contribution < 1.29 is 24.2 Å². The van der Waals surface area contributed by atoms with Crippen molar-refractivity contribution in [3.8, 4) is 5.75 Å². The van der Waals surface area contributed by atoms with Gasteiger partial charge in [0, 0.05) is 50.2 Å². The molecule has 5 rings (SSSR count). The second-order valence-corrected chi connectivity index (χ2v) is 11.4. The molecule has 0 radical (unpaired) electrons. The lowest BCUT2D eigenvalue weighted by Gasteiger charge is -2.31. The van der Waals surface area contributed by atoms with Gasteiger partial charge in [-0.1, -0.05) is 43.7 Å². The largest absolute Gasteiger partial charge is 0.493 e. The van der Waals surface area contributed by atoms with E-state index in [9.17, 15) is 19.5 Å². The fourth-order valence-corrected chi connectivity index (χ4v) is 6.72. The number of anilines is 1. The van der Waals surface area contributed by atoms with Crippen LogP contribution in [0.4, 0.5) is 5.69 Å². The molecule has 1 saturated heterocycles. The Bertz CT molecular complexity index is 1260. The Labute approximate surface area is 242 Å². The van der Waals surface area contributed by atoms with Crippen LogP contribution < -0.4 is 15.4 Å². The van der Waals surface area contributed by atoms with Crippen LogP contribution in [0.25, 0.3) is 0 Å². The van der Waals surface area contributed by atoms with Crippen LogP contribution in [0.15, 0.2) is 42.5 Å². The molecule has 3 atom stereocenters. The fourth-order valence-electron chi connectivity index (χ4n) is 6.72. The Morgan fingerprint density at radius 2 is 1.93 bits per heavy atom. The van der Waals surface area contributed by atoms with E-state index in [-0.39, 0.29) is 24.3 Å². The maximum Gasteiger partial charge on any atom is 0.308 e. The lowest BCUT2D eigenvalue weighted by molar-refractivity contribution is -0.143. The molecule has 0 saturated carbocycles. The normalized spacial score (nSPS) is 21.6. The average Bonchev–Trinajstić information content (AvgIpc) is 3.66. The van der Waals surface area contributed by atoms with E-state index < -0.39 is 17.9 Å². The third kappa shape index (κ3) is 6.26. The zero-order chi connectivity index (χ0) is 28.9. The van der Waals surface area contributed by atoms with Gasteiger partial charge in [-0.15, -0.1) is 0 Å². The second-order valence-electron chi connectivity index (χ2n) is 11.4. The highest BCUT2D eigenvalue weighted by Crippen LogP contribution is 2.41. The lowest BCUT2D eigenvalue weighted by atomic mass is 9.83. The molecular weight excluding hydrogens is 520 g/mol. The van der Waals surface area contributed by atoms with Gasteiger partial charge in [0.15, 0.2) is 0 Å². The zero-order valence-corrected chi connectivity index (χ0v) is 24.0. The topological polar surface area (TPSA) is 116 Å². The molecule has 41 heavy (non-hydrogen) atoms. The van der Waals surface area contributed by atoms with Crippen molar-refractivity contribution in [2.45, 2.75) is 57.4 Å². The van der Waals surface area contributed by atoms with Crippen LogP contribution in [0, 0.1) is 5.92 Å². The molecule has 0 aromatic heterocycles. The minimum atomic E-state index is -0.870. The first-order valence-corrected chi connectivity index (χ1v) is 15.0. The molecule has 2 aromatic carbocycles. The van der Waals surface area contributed by atoms with Crippen molar-refractivity contribution in [1.29, 1.82) is 0 Å². The summed E-state index contributed by atoms with van der Waals surface area (Å²) in [7, 11) is 0. The van der Waals surface area contributed by atoms with E-state index in [1.54, 1.807) is 4.90 Å². The van der Waals surface area contributed by atoms with Gasteiger partial charge < -0.3 is 25.4 Å². The number of hydrogen-bond acceptors (Lipinski definition) is 6. The summed E-state index contributed by atoms with van der Waals surface area (Å²) >= 11 is 0. The van der Waals surface area contributed by atoms with Crippen LogP contribution in [0.2, 0.25) is 0 Å². The van der Waals surface area contributed by atoms with Gasteiger partial charge in [0.2, 0.25) is 11.8 Å². The van der Waals surface area contributed by atoms with Crippen LogP contribution in [-0.4, -0.2) is 84.6 Å². The first kappa shape index (κ1) is 29.1. The highest BCUT2D eigenvalue weighted by Gasteiger charge is 2.47. The van der Waals surface area contributed by atoms with Gasteiger partial charge in [-0.25, -0.2) is 0 Å². The summed E-state index contributed by atoms with van der Waals surface area (Å²) in [5.74, 6) is -0.950. The highest BCUT2D eigenvalue weighted by molar-refractivity contribution is 6.01. The Morgan fingerprint density at radius 3 is 2.71 bits per heavy atom.